The molecular formula is C9H12ClNO2. The van der Waals surface area contributed by atoms with Gasteiger partial charge in [-0.15, -0.1) is 0 Å². The van der Waals surface area contributed by atoms with Gasteiger partial charge in [0.2, 0.25) is 0 Å². The van der Waals surface area contributed by atoms with Crippen LogP contribution >= 0.6 is 11.6 Å². The Morgan fingerprint density at radius 3 is 2.69 bits per heavy atom. The maximum atomic E-state index is 9.12. The molecule has 0 fully saturated rings. The first-order valence-corrected chi connectivity index (χ1v) is 4.35. The van der Waals surface area contributed by atoms with Crippen molar-refractivity contribution >= 4 is 11.6 Å². The number of benzene rings is 1. The quantitative estimate of drug-likeness (QED) is 0.681. The van der Waals surface area contributed by atoms with E-state index in [0.29, 0.717) is 11.4 Å². The van der Waals surface area contributed by atoms with Crippen LogP contribution < -0.4 is 5.73 Å². The van der Waals surface area contributed by atoms with E-state index in [1.807, 2.05) is 0 Å². The number of phenolic OH excluding ortho intramolecular Hbond substituents is 1. The Bertz CT molecular complexity index is 291. The molecule has 13 heavy (non-hydrogen) atoms. The Morgan fingerprint density at radius 2 is 2.15 bits per heavy atom. The van der Waals surface area contributed by atoms with Crippen LogP contribution in [-0.4, -0.2) is 22.9 Å². The average molecular weight is 202 g/mol. The van der Waals surface area contributed by atoms with E-state index < -0.39 is 0 Å². The van der Waals surface area contributed by atoms with Gasteiger partial charge in [-0.1, -0.05) is 17.7 Å². The number of hydrogen-bond acceptors (Lipinski definition) is 3. The number of aliphatic hydroxyl groups excluding tert-OH is 1. The zero-order chi connectivity index (χ0) is 9.84. The Kier molecular flexibility index (Phi) is 3.54. The minimum absolute atomic E-state index is 0.0570. The van der Waals surface area contributed by atoms with Gasteiger partial charge in [0.15, 0.2) is 0 Å². The third-order valence-corrected chi connectivity index (χ3v) is 2.05. The van der Waals surface area contributed by atoms with Gasteiger partial charge in [-0.3, -0.25) is 0 Å². The molecule has 4 N–H and O–H groups in total. The third-order valence-electron chi connectivity index (χ3n) is 1.74. The van der Waals surface area contributed by atoms with Gasteiger partial charge in [0.05, 0.1) is 11.6 Å². The molecule has 0 bridgehead atoms. The van der Waals surface area contributed by atoms with Crippen LogP contribution in [0.4, 0.5) is 0 Å². The van der Waals surface area contributed by atoms with E-state index in [9.17, 15) is 0 Å². The molecule has 0 saturated carbocycles. The summed E-state index contributed by atoms with van der Waals surface area (Å²) in [4.78, 5) is 0. The van der Waals surface area contributed by atoms with Gasteiger partial charge in [-0.05, 0) is 24.1 Å². The van der Waals surface area contributed by atoms with Crippen LogP contribution in [0.15, 0.2) is 18.2 Å². The molecule has 0 aliphatic heterocycles. The highest BCUT2D eigenvalue weighted by Crippen LogP contribution is 2.23. The zero-order valence-electron chi connectivity index (χ0n) is 7.07. The highest BCUT2D eigenvalue weighted by atomic mass is 35.5. The summed E-state index contributed by atoms with van der Waals surface area (Å²) in [5, 5.41) is 18.1. The molecule has 1 aromatic carbocycles. The van der Waals surface area contributed by atoms with Gasteiger partial charge < -0.3 is 15.9 Å². The number of nitrogens with two attached hydrogens (primary N) is 1. The lowest BCUT2D eigenvalue weighted by Gasteiger charge is -2.08. The van der Waals surface area contributed by atoms with Crippen LogP contribution in [0.1, 0.15) is 5.56 Å². The fraction of sp³-hybridized carbons (Fsp3) is 0.333. The topological polar surface area (TPSA) is 66.5 Å². The molecule has 1 unspecified atom stereocenters. The Hall–Kier alpha value is -0.770. The lowest BCUT2D eigenvalue weighted by Crippen LogP contribution is -2.26. The first-order chi connectivity index (χ1) is 6.13. The average Bonchev–Trinajstić information content (AvgIpc) is 2.11. The molecule has 3 nitrogen and oxygen atoms in total. The molecular weight excluding hydrogens is 190 g/mol. The van der Waals surface area contributed by atoms with Crippen molar-refractivity contribution < 1.29 is 10.2 Å². The van der Waals surface area contributed by atoms with E-state index in [1.54, 1.807) is 12.1 Å². The fourth-order valence-corrected chi connectivity index (χ4v) is 1.25. The molecule has 0 amide bonds. The summed E-state index contributed by atoms with van der Waals surface area (Å²) in [6, 6.07) is 4.62. The Morgan fingerprint density at radius 1 is 1.46 bits per heavy atom. The number of rotatable bonds is 3. The van der Waals surface area contributed by atoms with E-state index in [0.717, 1.165) is 5.56 Å². The largest absolute Gasteiger partial charge is 0.506 e. The van der Waals surface area contributed by atoms with E-state index in [2.05, 4.69) is 0 Å². The van der Waals surface area contributed by atoms with Crippen molar-refractivity contribution in [1.82, 2.24) is 0 Å². The van der Waals surface area contributed by atoms with Gasteiger partial charge in [0.1, 0.15) is 5.75 Å². The van der Waals surface area contributed by atoms with Crippen LogP contribution in [-0.2, 0) is 6.42 Å². The van der Waals surface area contributed by atoms with Gasteiger partial charge >= 0.3 is 0 Å². The second kappa shape index (κ2) is 4.46. The standard InChI is InChI=1S/C9H12ClNO2/c10-8-4-6(1-2-9(8)13)3-7(11)5-12/h1-2,4,7,12-13H,3,5,11H2. The maximum absolute atomic E-state index is 9.12. The van der Waals surface area contributed by atoms with Crippen molar-refractivity contribution in [2.75, 3.05) is 6.61 Å². The molecule has 4 heteroatoms. The van der Waals surface area contributed by atoms with Crippen molar-refractivity contribution in [1.29, 1.82) is 0 Å². The lowest BCUT2D eigenvalue weighted by molar-refractivity contribution is 0.265. The summed E-state index contributed by atoms with van der Waals surface area (Å²) in [7, 11) is 0. The summed E-state index contributed by atoms with van der Waals surface area (Å²) in [6.07, 6.45) is 0.552. The first-order valence-electron chi connectivity index (χ1n) is 3.97. The van der Waals surface area contributed by atoms with Crippen molar-refractivity contribution in [2.24, 2.45) is 5.73 Å². The van der Waals surface area contributed by atoms with E-state index in [-0.39, 0.29) is 18.4 Å². The fourth-order valence-electron chi connectivity index (χ4n) is 1.04. The second-order valence-corrected chi connectivity index (χ2v) is 3.34. The second-order valence-electron chi connectivity index (χ2n) is 2.93. The Labute approximate surface area is 81.8 Å². The third kappa shape index (κ3) is 2.88. The SMILES string of the molecule is NC(CO)Cc1ccc(O)c(Cl)c1. The minimum Gasteiger partial charge on any atom is -0.506 e. The molecule has 0 spiro atoms. The van der Waals surface area contributed by atoms with E-state index >= 15 is 0 Å². The van der Waals surface area contributed by atoms with Crippen molar-refractivity contribution in [3.05, 3.63) is 28.8 Å². The zero-order valence-corrected chi connectivity index (χ0v) is 7.83. The summed E-state index contributed by atoms with van der Waals surface area (Å²) in [5.41, 5.74) is 6.44. The normalized spacial score (nSPS) is 12.8. The molecule has 1 atom stereocenters. The number of hydrogen-bond donors (Lipinski definition) is 3. The highest BCUT2D eigenvalue weighted by Gasteiger charge is 2.04. The van der Waals surface area contributed by atoms with Crippen molar-refractivity contribution in [2.45, 2.75) is 12.5 Å². The molecule has 1 rings (SSSR count). The number of aromatic hydroxyl groups is 1. The molecule has 1 aromatic rings. The van der Waals surface area contributed by atoms with E-state index in [4.69, 9.17) is 27.5 Å². The molecule has 0 aromatic heterocycles. The predicted molar refractivity (Wildman–Crippen MR) is 51.9 cm³/mol. The summed E-state index contributed by atoms with van der Waals surface area (Å²) >= 11 is 5.69. The smallest absolute Gasteiger partial charge is 0.134 e. The van der Waals surface area contributed by atoms with E-state index in [1.165, 1.54) is 6.07 Å². The summed E-state index contributed by atoms with van der Waals surface area (Å²) in [5.74, 6) is 0.0583. The van der Waals surface area contributed by atoms with Gasteiger partial charge in [-0.25, -0.2) is 0 Å². The van der Waals surface area contributed by atoms with Crippen LogP contribution in [0, 0.1) is 0 Å². The monoisotopic (exact) mass is 201 g/mol. The lowest BCUT2D eigenvalue weighted by atomic mass is 10.1. The molecule has 0 radical (unpaired) electrons. The maximum Gasteiger partial charge on any atom is 0.134 e. The predicted octanol–water partition coefficient (Wildman–Crippen LogP) is 0.908. The molecule has 72 valence electrons. The van der Waals surface area contributed by atoms with Gasteiger partial charge in [-0.2, -0.15) is 0 Å². The summed E-state index contributed by atoms with van der Waals surface area (Å²) in [6.45, 7) is -0.0570. The minimum atomic E-state index is -0.277. The Balaban J connectivity index is 2.73. The van der Waals surface area contributed by atoms with Crippen LogP contribution in [0.25, 0.3) is 0 Å². The van der Waals surface area contributed by atoms with Crippen LogP contribution in [0.5, 0.6) is 5.75 Å². The van der Waals surface area contributed by atoms with Crippen molar-refractivity contribution in [3.63, 3.8) is 0 Å². The summed E-state index contributed by atoms with van der Waals surface area (Å²) < 4.78 is 0. The van der Waals surface area contributed by atoms with Gasteiger partial charge in [0, 0.05) is 6.04 Å². The van der Waals surface area contributed by atoms with Crippen LogP contribution in [0.3, 0.4) is 0 Å². The highest BCUT2D eigenvalue weighted by molar-refractivity contribution is 6.32. The first kappa shape index (κ1) is 10.3. The number of halogens is 1. The molecule has 0 aliphatic carbocycles. The van der Waals surface area contributed by atoms with Gasteiger partial charge in [0.25, 0.3) is 0 Å². The van der Waals surface area contributed by atoms with Crippen molar-refractivity contribution in [3.8, 4) is 5.75 Å². The molecule has 0 aliphatic rings. The van der Waals surface area contributed by atoms with Crippen LogP contribution in [0.2, 0.25) is 5.02 Å². The molecule has 0 saturated heterocycles. The number of aliphatic hydroxyl groups is 1. The number of phenols is 1. The molecule has 0 heterocycles.